The highest BCUT2D eigenvalue weighted by molar-refractivity contribution is 5.98. The molecule has 1 aliphatic heterocycles. The van der Waals surface area contributed by atoms with Crippen LogP contribution in [-0.2, 0) is 11.2 Å². The van der Waals surface area contributed by atoms with Crippen molar-refractivity contribution in [1.82, 2.24) is 4.90 Å². The van der Waals surface area contributed by atoms with E-state index in [1.54, 1.807) is 25.2 Å². The zero-order valence-electron chi connectivity index (χ0n) is 14.5. The van der Waals surface area contributed by atoms with Crippen molar-refractivity contribution in [3.63, 3.8) is 0 Å². The number of hydrogen-bond donors (Lipinski definition) is 0. The maximum absolute atomic E-state index is 12.6. The van der Waals surface area contributed by atoms with E-state index in [1.807, 2.05) is 48.5 Å². The Hall–Kier alpha value is -3.01. The molecule has 0 aromatic heterocycles. The number of rotatable bonds is 4. The molecule has 128 valence electrons. The average molecular weight is 335 g/mol. The molecule has 2 aromatic carbocycles. The van der Waals surface area contributed by atoms with Gasteiger partial charge < -0.3 is 14.4 Å². The molecular weight excluding hydrogens is 314 g/mol. The van der Waals surface area contributed by atoms with Crippen molar-refractivity contribution in [3.05, 3.63) is 71.8 Å². The number of fused-ring (bicyclic) bond motifs is 1. The minimum Gasteiger partial charge on any atom is -0.493 e. The molecule has 0 atom stereocenters. The summed E-state index contributed by atoms with van der Waals surface area (Å²) in [6.07, 6.45) is 4.16. The lowest BCUT2D eigenvalue weighted by atomic mass is 9.96. The summed E-state index contributed by atoms with van der Waals surface area (Å²) in [6.45, 7) is 4.72. The van der Waals surface area contributed by atoms with Crippen LogP contribution < -0.4 is 9.47 Å². The molecule has 0 saturated heterocycles. The number of carbonyl (C=O) groups excluding carboxylic acids is 1. The van der Waals surface area contributed by atoms with E-state index in [-0.39, 0.29) is 5.91 Å². The van der Waals surface area contributed by atoms with Crippen LogP contribution in [0.3, 0.4) is 0 Å². The van der Waals surface area contributed by atoms with E-state index in [1.165, 1.54) is 0 Å². The molecule has 0 N–H and O–H groups in total. The minimum absolute atomic E-state index is 0.0747. The highest BCUT2D eigenvalue weighted by Gasteiger charge is 2.25. The van der Waals surface area contributed by atoms with E-state index in [4.69, 9.17) is 9.47 Å². The molecule has 0 saturated carbocycles. The van der Waals surface area contributed by atoms with Gasteiger partial charge in [0.2, 0.25) is 0 Å². The van der Waals surface area contributed by atoms with Crippen molar-refractivity contribution in [1.29, 1.82) is 0 Å². The number of methoxy groups -OCH3 is 2. The van der Waals surface area contributed by atoms with Gasteiger partial charge in [-0.1, -0.05) is 36.9 Å². The second-order valence-corrected chi connectivity index (χ2v) is 5.79. The fourth-order valence-corrected chi connectivity index (χ4v) is 2.97. The summed E-state index contributed by atoms with van der Waals surface area (Å²) in [5, 5.41) is 0. The molecule has 0 fully saturated rings. The zero-order chi connectivity index (χ0) is 17.8. The molecular formula is C21H21NO3. The zero-order valence-corrected chi connectivity index (χ0v) is 14.5. The number of nitrogens with zero attached hydrogens (tertiary/aromatic N) is 1. The second-order valence-electron chi connectivity index (χ2n) is 5.79. The van der Waals surface area contributed by atoms with Gasteiger partial charge in [0.05, 0.1) is 14.2 Å². The predicted octanol–water partition coefficient (Wildman–Crippen LogP) is 3.77. The summed E-state index contributed by atoms with van der Waals surface area (Å²) >= 11 is 0. The number of amides is 1. The summed E-state index contributed by atoms with van der Waals surface area (Å²) < 4.78 is 10.7. The Balaban J connectivity index is 1.83. The monoisotopic (exact) mass is 335 g/mol. The van der Waals surface area contributed by atoms with Gasteiger partial charge in [0.15, 0.2) is 11.5 Å². The van der Waals surface area contributed by atoms with Crippen LogP contribution in [0.15, 0.2) is 55.1 Å². The van der Waals surface area contributed by atoms with Crippen molar-refractivity contribution in [3.8, 4) is 11.5 Å². The van der Waals surface area contributed by atoms with Crippen molar-refractivity contribution >= 4 is 17.7 Å². The number of benzene rings is 2. The molecule has 25 heavy (non-hydrogen) atoms. The first-order valence-electron chi connectivity index (χ1n) is 8.13. The highest BCUT2D eigenvalue weighted by Crippen LogP contribution is 2.37. The van der Waals surface area contributed by atoms with Crippen molar-refractivity contribution in [2.45, 2.75) is 6.42 Å². The molecule has 4 nitrogen and oxygen atoms in total. The molecule has 0 unspecified atom stereocenters. The summed E-state index contributed by atoms with van der Waals surface area (Å²) in [4.78, 5) is 14.3. The van der Waals surface area contributed by atoms with Crippen LogP contribution >= 0.6 is 0 Å². The Bertz CT molecular complexity index is 825. The SMILES string of the molecule is C=C1c2cc(OC)c(OC)cc2CCN1C(=O)C=Cc1ccccc1. The van der Waals surface area contributed by atoms with E-state index in [0.29, 0.717) is 23.7 Å². The lowest BCUT2D eigenvalue weighted by molar-refractivity contribution is -0.123. The third kappa shape index (κ3) is 3.43. The topological polar surface area (TPSA) is 38.8 Å². The molecule has 4 heteroatoms. The van der Waals surface area contributed by atoms with Crippen LogP contribution in [0.1, 0.15) is 16.7 Å². The Kier molecular flexibility index (Phi) is 4.89. The first-order valence-corrected chi connectivity index (χ1v) is 8.13. The fourth-order valence-electron chi connectivity index (χ4n) is 2.97. The van der Waals surface area contributed by atoms with Gasteiger partial charge in [-0.3, -0.25) is 4.79 Å². The predicted molar refractivity (Wildman–Crippen MR) is 99.5 cm³/mol. The molecule has 2 aromatic rings. The molecule has 3 rings (SSSR count). The number of carbonyl (C=O) groups is 1. The summed E-state index contributed by atoms with van der Waals surface area (Å²) in [5.41, 5.74) is 3.71. The first-order chi connectivity index (χ1) is 12.1. The van der Waals surface area contributed by atoms with Gasteiger partial charge in [-0.2, -0.15) is 0 Å². The molecule has 0 radical (unpaired) electrons. The average Bonchev–Trinajstić information content (AvgIpc) is 2.66. The van der Waals surface area contributed by atoms with Gasteiger partial charge in [-0.15, -0.1) is 0 Å². The van der Waals surface area contributed by atoms with Gasteiger partial charge in [0.1, 0.15) is 0 Å². The maximum atomic E-state index is 12.6. The van der Waals surface area contributed by atoms with E-state index in [0.717, 1.165) is 23.1 Å². The fraction of sp³-hybridized carbons (Fsp3) is 0.190. The third-order valence-electron chi connectivity index (χ3n) is 4.33. The molecule has 1 heterocycles. The molecule has 1 aliphatic rings. The van der Waals surface area contributed by atoms with Crippen LogP contribution in [0.4, 0.5) is 0 Å². The van der Waals surface area contributed by atoms with Crippen molar-refractivity contribution < 1.29 is 14.3 Å². The van der Waals surface area contributed by atoms with Gasteiger partial charge in [-0.05, 0) is 35.8 Å². The number of ether oxygens (including phenoxy) is 2. The minimum atomic E-state index is -0.0747. The van der Waals surface area contributed by atoms with Crippen LogP contribution in [0.2, 0.25) is 0 Å². The van der Waals surface area contributed by atoms with Gasteiger partial charge in [0, 0.05) is 23.9 Å². The van der Waals surface area contributed by atoms with Gasteiger partial charge >= 0.3 is 0 Å². The Labute approximate surface area is 148 Å². The maximum Gasteiger partial charge on any atom is 0.250 e. The van der Waals surface area contributed by atoms with Crippen LogP contribution in [0, 0.1) is 0 Å². The van der Waals surface area contributed by atoms with E-state index in [2.05, 4.69) is 6.58 Å². The summed E-state index contributed by atoms with van der Waals surface area (Å²) in [6, 6.07) is 13.6. The molecule has 0 spiro atoms. The molecule has 0 bridgehead atoms. The normalized spacial score (nSPS) is 13.7. The highest BCUT2D eigenvalue weighted by atomic mass is 16.5. The summed E-state index contributed by atoms with van der Waals surface area (Å²) in [5.74, 6) is 1.25. The number of hydrogen-bond acceptors (Lipinski definition) is 3. The Morgan fingerprint density at radius 1 is 1.12 bits per heavy atom. The van der Waals surface area contributed by atoms with Crippen LogP contribution in [-0.4, -0.2) is 31.6 Å². The van der Waals surface area contributed by atoms with Crippen molar-refractivity contribution in [2.75, 3.05) is 20.8 Å². The van der Waals surface area contributed by atoms with Crippen LogP contribution in [0.5, 0.6) is 11.5 Å². The first kappa shape index (κ1) is 16.8. The Morgan fingerprint density at radius 2 is 1.80 bits per heavy atom. The smallest absolute Gasteiger partial charge is 0.250 e. The van der Waals surface area contributed by atoms with E-state index in [9.17, 15) is 4.79 Å². The lowest BCUT2D eigenvalue weighted by Gasteiger charge is -2.30. The lowest BCUT2D eigenvalue weighted by Crippen LogP contribution is -2.33. The van der Waals surface area contributed by atoms with Crippen LogP contribution in [0.25, 0.3) is 11.8 Å². The summed E-state index contributed by atoms with van der Waals surface area (Å²) in [7, 11) is 3.22. The van der Waals surface area contributed by atoms with E-state index < -0.39 is 0 Å². The third-order valence-corrected chi connectivity index (χ3v) is 4.33. The standard InChI is InChI=1S/C21H21NO3/c1-15-18-14-20(25-3)19(24-2)13-17(18)11-12-22(15)21(23)10-9-16-7-5-4-6-8-16/h4-10,13-14H,1,11-12H2,2-3H3. The van der Waals surface area contributed by atoms with Gasteiger partial charge in [-0.25, -0.2) is 0 Å². The molecule has 0 aliphatic carbocycles. The van der Waals surface area contributed by atoms with E-state index >= 15 is 0 Å². The second kappa shape index (κ2) is 7.26. The molecule has 1 amide bonds. The quantitative estimate of drug-likeness (QED) is 0.798. The Morgan fingerprint density at radius 3 is 2.48 bits per heavy atom. The van der Waals surface area contributed by atoms with Crippen molar-refractivity contribution in [2.24, 2.45) is 0 Å². The largest absolute Gasteiger partial charge is 0.493 e. The van der Waals surface area contributed by atoms with Gasteiger partial charge in [0.25, 0.3) is 5.91 Å².